The summed E-state index contributed by atoms with van der Waals surface area (Å²) >= 11 is 0. The van der Waals surface area contributed by atoms with Crippen molar-refractivity contribution < 1.29 is 14.2 Å². The Morgan fingerprint density at radius 1 is 1.42 bits per heavy atom. The molecule has 1 aliphatic carbocycles. The van der Waals surface area contributed by atoms with Crippen LogP contribution in [-0.2, 0) is 14.2 Å². The van der Waals surface area contributed by atoms with Gasteiger partial charge in [-0.25, -0.2) is 5.43 Å². The first-order valence-corrected chi connectivity index (χ1v) is 5.74. The van der Waals surface area contributed by atoms with Gasteiger partial charge in [-0.2, -0.15) is 5.10 Å². The van der Waals surface area contributed by atoms with Crippen LogP contribution < -0.4 is 11.2 Å². The number of allylic oxidation sites excluding steroid dienone is 1. The molecule has 2 atom stereocenters. The molecule has 2 unspecified atom stereocenters. The van der Waals surface area contributed by atoms with Gasteiger partial charge in [0.1, 0.15) is 5.76 Å². The van der Waals surface area contributed by atoms with Gasteiger partial charge < -0.3 is 19.9 Å². The first-order chi connectivity index (χ1) is 9.04. The van der Waals surface area contributed by atoms with E-state index in [1.165, 1.54) is 0 Å². The fourth-order valence-corrected chi connectivity index (χ4v) is 2.03. The Kier molecular flexibility index (Phi) is 5.37. The van der Waals surface area contributed by atoms with E-state index in [4.69, 9.17) is 25.4 Å². The standard InChI is InChI=1S/C12H20N4O3/c1-7-10(18-3)8(6-15-16-12(13)14)5-9(17-2)11(7)19-4/h5-7,10H,1-4H3,(H4,13,14,16)/b15-6+. The molecule has 0 saturated heterocycles. The minimum Gasteiger partial charge on any atom is -0.497 e. The summed E-state index contributed by atoms with van der Waals surface area (Å²) in [6.45, 7) is 1.98. The van der Waals surface area contributed by atoms with Crippen LogP contribution in [0.15, 0.2) is 28.3 Å². The van der Waals surface area contributed by atoms with E-state index in [9.17, 15) is 0 Å². The van der Waals surface area contributed by atoms with Crippen LogP contribution in [0.2, 0.25) is 0 Å². The number of nitrogens with zero attached hydrogens (tertiary/aromatic N) is 1. The van der Waals surface area contributed by atoms with E-state index in [2.05, 4.69) is 10.5 Å². The number of nitrogens with two attached hydrogens (primary N) is 1. The van der Waals surface area contributed by atoms with Crippen LogP contribution in [0.4, 0.5) is 0 Å². The molecule has 7 heteroatoms. The Bertz CT molecular complexity index is 429. The fraction of sp³-hybridized carbons (Fsp3) is 0.500. The van der Waals surface area contributed by atoms with Gasteiger partial charge in [-0.1, -0.05) is 6.92 Å². The quantitative estimate of drug-likeness (QED) is 0.384. The SMILES string of the molecule is COC1=C(OC)C(C)C(OC)C(/C=N/NC(=N)N)=C1. The van der Waals surface area contributed by atoms with Gasteiger partial charge in [-0.15, -0.1) is 0 Å². The monoisotopic (exact) mass is 268 g/mol. The molecule has 0 aromatic carbocycles. The fourth-order valence-electron chi connectivity index (χ4n) is 2.03. The number of hydrogen-bond donors (Lipinski definition) is 3. The molecule has 4 N–H and O–H groups in total. The van der Waals surface area contributed by atoms with Crippen molar-refractivity contribution in [2.75, 3.05) is 21.3 Å². The number of guanidine groups is 1. The first kappa shape index (κ1) is 15.0. The Labute approximate surface area is 112 Å². The van der Waals surface area contributed by atoms with E-state index in [0.717, 1.165) is 11.3 Å². The lowest BCUT2D eigenvalue weighted by Gasteiger charge is -2.29. The molecule has 0 spiro atoms. The zero-order valence-corrected chi connectivity index (χ0v) is 11.6. The predicted octanol–water partition coefficient (Wildman–Crippen LogP) is 0.551. The highest BCUT2D eigenvalue weighted by Gasteiger charge is 2.31. The third-order valence-electron chi connectivity index (χ3n) is 2.83. The van der Waals surface area contributed by atoms with Gasteiger partial charge in [0.15, 0.2) is 5.76 Å². The van der Waals surface area contributed by atoms with Crippen molar-refractivity contribution in [3.05, 3.63) is 23.2 Å². The third-order valence-corrected chi connectivity index (χ3v) is 2.83. The van der Waals surface area contributed by atoms with Crippen molar-refractivity contribution in [1.29, 1.82) is 5.41 Å². The van der Waals surface area contributed by atoms with E-state index >= 15 is 0 Å². The summed E-state index contributed by atoms with van der Waals surface area (Å²) in [6, 6.07) is 0. The van der Waals surface area contributed by atoms with E-state index in [0.29, 0.717) is 5.76 Å². The maximum absolute atomic E-state index is 7.03. The Morgan fingerprint density at radius 3 is 2.58 bits per heavy atom. The summed E-state index contributed by atoms with van der Waals surface area (Å²) in [5.41, 5.74) is 8.32. The molecule has 0 amide bonds. The molecule has 0 aromatic heterocycles. The van der Waals surface area contributed by atoms with Crippen molar-refractivity contribution in [1.82, 2.24) is 5.43 Å². The largest absolute Gasteiger partial charge is 0.497 e. The number of ether oxygens (including phenoxy) is 3. The molecule has 106 valence electrons. The van der Waals surface area contributed by atoms with Crippen LogP contribution >= 0.6 is 0 Å². The molecule has 0 aliphatic heterocycles. The van der Waals surface area contributed by atoms with Crippen molar-refractivity contribution in [2.45, 2.75) is 13.0 Å². The Balaban J connectivity index is 3.04. The minimum absolute atomic E-state index is 0.00581. The van der Waals surface area contributed by atoms with Gasteiger partial charge >= 0.3 is 0 Å². The van der Waals surface area contributed by atoms with Crippen LogP contribution in [0.3, 0.4) is 0 Å². The summed E-state index contributed by atoms with van der Waals surface area (Å²) < 4.78 is 16.1. The normalized spacial score (nSPS) is 23.3. The highest BCUT2D eigenvalue weighted by Crippen LogP contribution is 2.31. The summed E-state index contributed by atoms with van der Waals surface area (Å²) in [5, 5.41) is 10.9. The molecule has 1 aliphatic rings. The average molecular weight is 268 g/mol. The zero-order chi connectivity index (χ0) is 14.4. The van der Waals surface area contributed by atoms with E-state index in [1.54, 1.807) is 33.6 Å². The Morgan fingerprint density at radius 2 is 2.11 bits per heavy atom. The molecule has 0 fully saturated rings. The molecule has 0 saturated carbocycles. The van der Waals surface area contributed by atoms with Gasteiger partial charge in [-0.3, -0.25) is 5.41 Å². The average Bonchev–Trinajstić information content (AvgIpc) is 2.37. The second-order valence-corrected chi connectivity index (χ2v) is 4.01. The maximum atomic E-state index is 7.03. The molecule has 0 heterocycles. The minimum atomic E-state index is -0.227. The predicted molar refractivity (Wildman–Crippen MR) is 72.6 cm³/mol. The van der Waals surface area contributed by atoms with Gasteiger partial charge in [-0.05, 0) is 6.08 Å². The van der Waals surface area contributed by atoms with Crippen LogP contribution in [0, 0.1) is 11.3 Å². The summed E-state index contributed by atoms with van der Waals surface area (Å²) in [5.74, 6) is 1.13. The molecule has 0 aromatic rings. The van der Waals surface area contributed by atoms with Gasteiger partial charge in [0.2, 0.25) is 5.96 Å². The number of methoxy groups -OCH3 is 3. The third kappa shape index (κ3) is 3.47. The lowest BCUT2D eigenvalue weighted by molar-refractivity contribution is 0.0686. The smallest absolute Gasteiger partial charge is 0.206 e. The van der Waals surface area contributed by atoms with Crippen molar-refractivity contribution >= 4 is 12.2 Å². The van der Waals surface area contributed by atoms with Gasteiger partial charge in [0.25, 0.3) is 0 Å². The van der Waals surface area contributed by atoms with Crippen LogP contribution in [0.1, 0.15) is 6.92 Å². The molecule has 7 nitrogen and oxygen atoms in total. The van der Waals surface area contributed by atoms with Crippen LogP contribution in [-0.4, -0.2) is 39.6 Å². The van der Waals surface area contributed by atoms with E-state index in [-0.39, 0.29) is 18.0 Å². The molecular formula is C12H20N4O3. The summed E-state index contributed by atoms with van der Waals surface area (Å²) in [6.07, 6.45) is 3.14. The lowest BCUT2D eigenvalue weighted by atomic mass is 9.90. The topological polar surface area (TPSA) is 102 Å². The highest BCUT2D eigenvalue weighted by atomic mass is 16.5. The summed E-state index contributed by atoms with van der Waals surface area (Å²) in [7, 11) is 4.79. The number of rotatable bonds is 5. The first-order valence-electron chi connectivity index (χ1n) is 5.74. The van der Waals surface area contributed by atoms with E-state index < -0.39 is 0 Å². The second-order valence-electron chi connectivity index (χ2n) is 4.01. The maximum Gasteiger partial charge on any atom is 0.206 e. The van der Waals surface area contributed by atoms with Gasteiger partial charge in [0.05, 0.1) is 26.5 Å². The number of hydrogen-bond acceptors (Lipinski definition) is 5. The van der Waals surface area contributed by atoms with Crippen molar-refractivity contribution in [2.24, 2.45) is 16.8 Å². The van der Waals surface area contributed by atoms with Crippen LogP contribution in [0.25, 0.3) is 0 Å². The molecule has 19 heavy (non-hydrogen) atoms. The molecule has 1 rings (SSSR count). The van der Waals surface area contributed by atoms with E-state index in [1.807, 2.05) is 6.92 Å². The molecular weight excluding hydrogens is 248 g/mol. The molecule has 0 radical (unpaired) electrons. The highest BCUT2D eigenvalue weighted by molar-refractivity contribution is 5.83. The zero-order valence-electron chi connectivity index (χ0n) is 11.6. The van der Waals surface area contributed by atoms with Crippen molar-refractivity contribution in [3.63, 3.8) is 0 Å². The summed E-state index contributed by atoms with van der Waals surface area (Å²) in [4.78, 5) is 0. The molecule has 0 bridgehead atoms. The number of nitrogens with one attached hydrogen (secondary N) is 2. The Hall–Kier alpha value is -2.02. The second kappa shape index (κ2) is 6.79. The van der Waals surface area contributed by atoms with Gasteiger partial charge in [0, 0.05) is 18.6 Å². The lowest BCUT2D eigenvalue weighted by Crippen LogP contribution is -2.31. The van der Waals surface area contributed by atoms with Crippen molar-refractivity contribution in [3.8, 4) is 0 Å². The number of hydrazone groups is 1. The van der Waals surface area contributed by atoms with Crippen LogP contribution in [0.5, 0.6) is 0 Å².